The second kappa shape index (κ2) is 3.41. The summed E-state index contributed by atoms with van der Waals surface area (Å²) in [6, 6.07) is 0.192. The molecule has 2 N–H and O–H groups in total. The van der Waals surface area contributed by atoms with Gasteiger partial charge in [0, 0.05) is 13.0 Å². The third kappa shape index (κ3) is 1.51. The van der Waals surface area contributed by atoms with Gasteiger partial charge in [0.2, 0.25) is 5.89 Å². The van der Waals surface area contributed by atoms with Gasteiger partial charge in [-0.3, -0.25) is 0 Å². The molecule has 16 heavy (non-hydrogen) atoms. The fraction of sp³-hybridized carbons (Fsp3) is 0.500. The van der Waals surface area contributed by atoms with Crippen LogP contribution in [-0.4, -0.2) is 19.7 Å². The van der Waals surface area contributed by atoms with Crippen LogP contribution in [0.25, 0.3) is 0 Å². The van der Waals surface area contributed by atoms with Crippen LogP contribution in [0.2, 0.25) is 0 Å². The van der Waals surface area contributed by atoms with Crippen molar-refractivity contribution in [3.63, 3.8) is 0 Å². The average molecular weight is 219 g/mol. The van der Waals surface area contributed by atoms with E-state index in [-0.39, 0.29) is 6.04 Å². The van der Waals surface area contributed by atoms with Gasteiger partial charge in [-0.2, -0.15) is 4.98 Å². The Bertz CT molecular complexity index is 499. The number of imidazole rings is 1. The first-order valence-electron chi connectivity index (χ1n) is 5.33. The van der Waals surface area contributed by atoms with E-state index >= 15 is 0 Å². The Morgan fingerprint density at radius 2 is 2.38 bits per heavy atom. The summed E-state index contributed by atoms with van der Waals surface area (Å²) in [4.78, 5) is 8.28. The molecule has 1 saturated carbocycles. The lowest BCUT2D eigenvalue weighted by atomic mass is 10.2. The zero-order valence-electron chi connectivity index (χ0n) is 9.00. The lowest BCUT2D eigenvalue weighted by molar-refractivity contribution is 0.384. The Kier molecular flexibility index (Phi) is 2.03. The molecule has 6 nitrogen and oxygen atoms in total. The van der Waals surface area contributed by atoms with Crippen molar-refractivity contribution >= 4 is 0 Å². The van der Waals surface area contributed by atoms with Crippen molar-refractivity contribution in [2.75, 3.05) is 0 Å². The minimum absolute atomic E-state index is 0.361. The van der Waals surface area contributed by atoms with E-state index in [1.165, 1.54) is 12.8 Å². The van der Waals surface area contributed by atoms with Crippen LogP contribution < -0.4 is 5.73 Å². The molecule has 0 bridgehead atoms. The second-order valence-electron chi connectivity index (χ2n) is 4.11. The fourth-order valence-corrected chi connectivity index (χ4v) is 1.79. The number of nitrogens with zero attached hydrogens (tertiary/aromatic N) is 4. The van der Waals surface area contributed by atoms with Crippen molar-refractivity contribution in [2.45, 2.75) is 31.8 Å². The van der Waals surface area contributed by atoms with Gasteiger partial charge in [-0.15, -0.1) is 0 Å². The van der Waals surface area contributed by atoms with Crippen molar-refractivity contribution in [3.05, 3.63) is 29.9 Å². The summed E-state index contributed by atoms with van der Waals surface area (Å²) in [6.45, 7) is 1.75. The summed E-state index contributed by atoms with van der Waals surface area (Å²) >= 11 is 0. The van der Waals surface area contributed by atoms with Crippen LogP contribution in [0, 0.1) is 6.92 Å². The third-order valence-corrected chi connectivity index (χ3v) is 2.78. The predicted molar refractivity (Wildman–Crippen MR) is 55.6 cm³/mol. The quantitative estimate of drug-likeness (QED) is 0.831. The first-order chi connectivity index (χ1) is 7.75. The smallest absolute Gasteiger partial charge is 0.223 e. The molecule has 2 heterocycles. The van der Waals surface area contributed by atoms with E-state index in [0.29, 0.717) is 17.8 Å². The van der Waals surface area contributed by atoms with E-state index in [2.05, 4.69) is 19.7 Å². The van der Waals surface area contributed by atoms with Crippen LogP contribution >= 0.6 is 0 Å². The van der Waals surface area contributed by atoms with E-state index in [9.17, 15) is 0 Å². The first-order valence-corrected chi connectivity index (χ1v) is 5.33. The van der Waals surface area contributed by atoms with Crippen LogP contribution in [0.15, 0.2) is 17.0 Å². The van der Waals surface area contributed by atoms with Gasteiger partial charge in [0.15, 0.2) is 5.82 Å². The Morgan fingerprint density at radius 1 is 1.56 bits per heavy atom. The van der Waals surface area contributed by atoms with E-state index in [1.807, 2.05) is 6.33 Å². The number of hydrogen-bond donors (Lipinski definition) is 1. The van der Waals surface area contributed by atoms with E-state index in [0.717, 1.165) is 5.69 Å². The largest absolute Gasteiger partial charge is 0.340 e. The average Bonchev–Trinajstić information content (AvgIpc) is 2.85. The minimum atomic E-state index is -0.361. The normalized spacial score (nSPS) is 17.6. The number of nitrogens with two attached hydrogens (primary N) is 1. The summed E-state index contributed by atoms with van der Waals surface area (Å²) in [5.74, 6) is 1.04. The summed E-state index contributed by atoms with van der Waals surface area (Å²) in [5, 5.41) is 3.84. The zero-order valence-corrected chi connectivity index (χ0v) is 9.00. The minimum Gasteiger partial charge on any atom is -0.340 e. The molecule has 2 aromatic heterocycles. The molecule has 1 unspecified atom stereocenters. The molecule has 3 rings (SSSR count). The lowest BCUT2D eigenvalue weighted by Crippen LogP contribution is -2.17. The Balaban J connectivity index is 1.93. The SMILES string of the molecule is Cc1nc(C(N)c2cncn2C2CC2)no1. The van der Waals surface area contributed by atoms with Crippen molar-refractivity contribution in [1.82, 2.24) is 19.7 Å². The van der Waals surface area contributed by atoms with Gasteiger partial charge < -0.3 is 14.8 Å². The van der Waals surface area contributed by atoms with E-state index < -0.39 is 0 Å². The number of aromatic nitrogens is 4. The topological polar surface area (TPSA) is 82.8 Å². The Morgan fingerprint density at radius 3 is 3.00 bits per heavy atom. The molecule has 1 atom stereocenters. The van der Waals surface area contributed by atoms with Gasteiger partial charge in [-0.05, 0) is 12.8 Å². The van der Waals surface area contributed by atoms with E-state index in [4.69, 9.17) is 10.3 Å². The zero-order chi connectivity index (χ0) is 11.1. The van der Waals surface area contributed by atoms with Gasteiger partial charge in [0.1, 0.15) is 6.04 Å². The molecule has 0 radical (unpaired) electrons. The molecule has 84 valence electrons. The molecule has 1 aliphatic rings. The van der Waals surface area contributed by atoms with Crippen molar-refractivity contribution in [1.29, 1.82) is 0 Å². The van der Waals surface area contributed by atoms with Crippen LogP contribution in [0.5, 0.6) is 0 Å². The monoisotopic (exact) mass is 219 g/mol. The molecule has 0 saturated heterocycles. The first kappa shape index (κ1) is 9.53. The highest BCUT2D eigenvalue weighted by Gasteiger charge is 2.28. The highest BCUT2D eigenvalue weighted by atomic mass is 16.5. The molecule has 0 aromatic carbocycles. The summed E-state index contributed by atoms with van der Waals surface area (Å²) < 4.78 is 7.04. The summed E-state index contributed by atoms with van der Waals surface area (Å²) in [5.41, 5.74) is 7.04. The van der Waals surface area contributed by atoms with E-state index in [1.54, 1.807) is 13.1 Å². The van der Waals surface area contributed by atoms with Crippen LogP contribution in [0.3, 0.4) is 0 Å². The maximum Gasteiger partial charge on any atom is 0.223 e. The van der Waals surface area contributed by atoms with Crippen molar-refractivity contribution in [3.8, 4) is 0 Å². The van der Waals surface area contributed by atoms with Crippen molar-refractivity contribution in [2.24, 2.45) is 5.73 Å². The molecular weight excluding hydrogens is 206 g/mol. The maximum atomic E-state index is 6.09. The molecule has 2 aromatic rings. The molecule has 0 aliphatic heterocycles. The maximum absolute atomic E-state index is 6.09. The highest BCUT2D eigenvalue weighted by molar-refractivity contribution is 5.16. The predicted octanol–water partition coefficient (Wildman–Crippen LogP) is 0.958. The standard InChI is InChI=1S/C10H13N5O/c1-6-13-10(14-16-6)9(11)8-4-12-5-15(8)7-2-3-7/h4-5,7,9H,2-3,11H2,1H3. The van der Waals surface area contributed by atoms with Gasteiger partial charge in [0.25, 0.3) is 0 Å². The summed E-state index contributed by atoms with van der Waals surface area (Å²) in [6.07, 6.45) is 5.98. The highest BCUT2D eigenvalue weighted by Crippen LogP contribution is 2.37. The number of rotatable bonds is 3. The Labute approximate surface area is 92.5 Å². The van der Waals surface area contributed by atoms with Gasteiger partial charge in [-0.1, -0.05) is 5.16 Å². The second-order valence-corrected chi connectivity index (χ2v) is 4.11. The number of hydrogen-bond acceptors (Lipinski definition) is 5. The molecule has 0 amide bonds. The molecule has 6 heteroatoms. The van der Waals surface area contributed by atoms with Gasteiger partial charge in [0.05, 0.1) is 18.2 Å². The van der Waals surface area contributed by atoms with Crippen LogP contribution in [0.1, 0.15) is 42.3 Å². The van der Waals surface area contributed by atoms with Gasteiger partial charge in [-0.25, -0.2) is 4.98 Å². The number of aryl methyl sites for hydroxylation is 1. The molecule has 1 fully saturated rings. The van der Waals surface area contributed by atoms with Crippen LogP contribution in [0.4, 0.5) is 0 Å². The van der Waals surface area contributed by atoms with Gasteiger partial charge >= 0.3 is 0 Å². The third-order valence-electron chi connectivity index (χ3n) is 2.78. The van der Waals surface area contributed by atoms with Crippen molar-refractivity contribution < 1.29 is 4.52 Å². The fourth-order valence-electron chi connectivity index (χ4n) is 1.79. The lowest BCUT2D eigenvalue weighted by Gasteiger charge is -2.10. The molecule has 1 aliphatic carbocycles. The Hall–Kier alpha value is -1.69. The molecular formula is C10H13N5O. The molecule has 0 spiro atoms. The van der Waals surface area contributed by atoms with Crippen LogP contribution in [-0.2, 0) is 0 Å². The summed E-state index contributed by atoms with van der Waals surface area (Å²) in [7, 11) is 0.